The minimum absolute atomic E-state index is 0.236. The molecule has 0 aliphatic carbocycles. The fourth-order valence-electron chi connectivity index (χ4n) is 1.47. The summed E-state index contributed by atoms with van der Waals surface area (Å²) in [5.41, 5.74) is 1.00. The molecule has 2 aromatic rings. The summed E-state index contributed by atoms with van der Waals surface area (Å²) in [6.07, 6.45) is 0.731. The Balaban J connectivity index is 1.94. The van der Waals surface area contributed by atoms with Crippen LogP contribution in [0.15, 0.2) is 18.2 Å². The van der Waals surface area contributed by atoms with Crippen molar-refractivity contribution in [3.8, 4) is 6.07 Å². The van der Waals surface area contributed by atoms with E-state index in [0.717, 1.165) is 12.0 Å². The van der Waals surface area contributed by atoms with Crippen molar-refractivity contribution in [2.45, 2.75) is 6.42 Å². The normalized spacial score (nSPS) is 10.2. The Morgan fingerprint density at radius 3 is 2.74 bits per heavy atom. The fraction of sp³-hybridized carbons (Fsp3) is 0.167. The first-order valence-corrected chi connectivity index (χ1v) is 7.29. The minimum Gasteiger partial charge on any atom is -0.361 e. The number of aromatic nitrogens is 1. The van der Waals surface area contributed by atoms with Crippen LogP contribution in [0, 0.1) is 11.3 Å². The van der Waals surface area contributed by atoms with Crippen molar-refractivity contribution in [1.29, 1.82) is 5.26 Å². The van der Waals surface area contributed by atoms with Crippen LogP contribution in [0.25, 0.3) is 0 Å². The lowest BCUT2D eigenvalue weighted by molar-refractivity contribution is 1.02. The van der Waals surface area contributed by atoms with Crippen LogP contribution in [0.1, 0.15) is 10.4 Å². The van der Waals surface area contributed by atoms with Gasteiger partial charge in [0, 0.05) is 16.6 Å². The van der Waals surface area contributed by atoms with Gasteiger partial charge >= 0.3 is 0 Å². The average molecular weight is 333 g/mol. The highest BCUT2D eigenvalue weighted by Crippen LogP contribution is 2.26. The molecule has 7 heteroatoms. The zero-order chi connectivity index (χ0) is 13.8. The Morgan fingerprint density at radius 2 is 2.11 bits per heavy atom. The Kier molecular flexibility index (Phi) is 4.89. The summed E-state index contributed by atoms with van der Waals surface area (Å²) in [4.78, 5) is 4.46. The van der Waals surface area contributed by atoms with Gasteiger partial charge in [-0.2, -0.15) is 5.26 Å². The Labute approximate surface area is 129 Å². The van der Waals surface area contributed by atoms with E-state index in [2.05, 4.69) is 10.3 Å². The number of rotatable bonds is 4. The largest absolute Gasteiger partial charge is 0.361 e. The summed E-state index contributed by atoms with van der Waals surface area (Å²) in [6.45, 7) is 0.649. The number of hydrogen-bond acceptors (Lipinski definition) is 4. The molecular formula is C12H8Cl3N3S. The van der Waals surface area contributed by atoms with Crippen molar-refractivity contribution < 1.29 is 0 Å². The predicted molar refractivity (Wildman–Crippen MR) is 80.5 cm³/mol. The molecule has 0 bridgehead atoms. The van der Waals surface area contributed by atoms with Crippen LogP contribution < -0.4 is 5.32 Å². The van der Waals surface area contributed by atoms with Crippen molar-refractivity contribution in [3.63, 3.8) is 0 Å². The summed E-state index contributed by atoms with van der Waals surface area (Å²) in [7, 11) is 0. The molecule has 1 aromatic carbocycles. The lowest BCUT2D eigenvalue weighted by atomic mass is 10.1. The minimum atomic E-state index is 0.236. The molecule has 3 nitrogen and oxygen atoms in total. The van der Waals surface area contributed by atoms with E-state index in [-0.39, 0.29) is 5.15 Å². The smallest absolute Gasteiger partial charge is 0.185 e. The Bertz CT molecular complexity index is 634. The quantitative estimate of drug-likeness (QED) is 0.888. The topological polar surface area (TPSA) is 48.7 Å². The standard InChI is InChI=1S/C12H8Cl3N3S/c13-8-2-1-7(9(14)5-8)3-4-17-12-18-11(15)10(6-16)19-12/h1-2,5H,3-4H2,(H,17,18). The summed E-state index contributed by atoms with van der Waals surface area (Å²) in [5.74, 6) is 0. The summed E-state index contributed by atoms with van der Waals surface area (Å²) < 4.78 is 0. The monoisotopic (exact) mass is 331 g/mol. The molecule has 0 fully saturated rings. The zero-order valence-corrected chi connectivity index (χ0v) is 12.7. The molecule has 0 unspecified atom stereocenters. The summed E-state index contributed by atoms with van der Waals surface area (Å²) >= 11 is 18.9. The van der Waals surface area contributed by atoms with Crippen LogP contribution in [0.2, 0.25) is 15.2 Å². The van der Waals surface area contributed by atoms with Crippen LogP contribution in [0.4, 0.5) is 5.13 Å². The molecule has 1 heterocycles. The molecule has 0 amide bonds. The van der Waals surface area contributed by atoms with Gasteiger partial charge in [-0.25, -0.2) is 4.98 Å². The van der Waals surface area contributed by atoms with Gasteiger partial charge in [-0.1, -0.05) is 52.2 Å². The van der Waals surface area contributed by atoms with Gasteiger partial charge in [0.05, 0.1) is 0 Å². The Morgan fingerprint density at radius 1 is 1.32 bits per heavy atom. The van der Waals surface area contributed by atoms with Crippen LogP contribution >= 0.6 is 46.1 Å². The maximum Gasteiger partial charge on any atom is 0.185 e. The predicted octanol–water partition coefficient (Wildman–Crippen LogP) is 4.63. The molecule has 0 radical (unpaired) electrons. The molecule has 2 rings (SSSR count). The number of nitriles is 1. The number of anilines is 1. The van der Waals surface area contributed by atoms with E-state index in [1.165, 1.54) is 11.3 Å². The van der Waals surface area contributed by atoms with Gasteiger partial charge in [0.25, 0.3) is 0 Å². The van der Waals surface area contributed by atoms with Crippen molar-refractivity contribution in [2.75, 3.05) is 11.9 Å². The third-order valence-corrected chi connectivity index (χ3v) is 4.26. The van der Waals surface area contributed by atoms with Gasteiger partial charge < -0.3 is 5.32 Å². The molecule has 19 heavy (non-hydrogen) atoms. The molecule has 1 N–H and O–H groups in total. The molecule has 0 saturated carbocycles. The van der Waals surface area contributed by atoms with E-state index in [9.17, 15) is 0 Å². The number of halogens is 3. The highest BCUT2D eigenvalue weighted by molar-refractivity contribution is 7.16. The first-order valence-electron chi connectivity index (χ1n) is 5.34. The van der Waals surface area contributed by atoms with Crippen LogP contribution in [0.5, 0.6) is 0 Å². The number of benzene rings is 1. The van der Waals surface area contributed by atoms with E-state index in [1.54, 1.807) is 12.1 Å². The molecule has 0 saturated heterocycles. The van der Waals surface area contributed by atoms with Crippen LogP contribution in [-0.4, -0.2) is 11.5 Å². The third-order valence-electron chi connectivity index (χ3n) is 2.37. The first-order chi connectivity index (χ1) is 9.10. The van der Waals surface area contributed by atoms with E-state index < -0.39 is 0 Å². The molecule has 98 valence electrons. The van der Waals surface area contributed by atoms with Gasteiger partial charge in [0.15, 0.2) is 10.3 Å². The molecule has 0 aliphatic heterocycles. The SMILES string of the molecule is N#Cc1sc(NCCc2ccc(Cl)cc2Cl)nc1Cl. The van der Waals surface area contributed by atoms with Gasteiger partial charge in [0.2, 0.25) is 0 Å². The molecular weight excluding hydrogens is 325 g/mol. The van der Waals surface area contributed by atoms with Crippen molar-refractivity contribution in [2.24, 2.45) is 0 Å². The van der Waals surface area contributed by atoms with Crippen molar-refractivity contribution in [1.82, 2.24) is 4.98 Å². The first kappa shape index (κ1) is 14.4. The van der Waals surface area contributed by atoms with Gasteiger partial charge in [-0.15, -0.1) is 0 Å². The number of nitrogens with one attached hydrogen (secondary N) is 1. The van der Waals surface area contributed by atoms with Gasteiger partial charge in [-0.3, -0.25) is 0 Å². The second-order valence-electron chi connectivity index (χ2n) is 3.66. The highest BCUT2D eigenvalue weighted by Gasteiger charge is 2.08. The number of thiazole rings is 1. The van der Waals surface area contributed by atoms with Crippen LogP contribution in [-0.2, 0) is 6.42 Å². The van der Waals surface area contributed by atoms with Crippen LogP contribution in [0.3, 0.4) is 0 Å². The second-order valence-corrected chi connectivity index (χ2v) is 5.86. The number of nitrogens with zero attached hydrogens (tertiary/aromatic N) is 2. The maximum atomic E-state index is 8.78. The van der Waals surface area contributed by atoms with Gasteiger partial charge in [0.1, 0.15) is 10.9 Å². The second kappa shape index (κ2) is 6.44. The van der Waals surface area contributed by atoms with Gasteiger partial charge in [-0.05, 0) is 24.1 Å². The van der Waals surface area contributed by atoms with E-state index in [1.807, 2.05) is 12.1 Å². The lowest BCUT2D eigenvalue weighted by Gasteiger charge is -2.05. The maximum absolute atomic E-state index is 8.78. The summed E-state index contributed by atoms with van der Waals surface area (Å²) in [5, 5.41) is 14.0. The zero-order valence-electron chi connectivity index (χ0n) is 9.58. The average Bonchev–Trinajstić information content (AvgIpc) is 2.72. The van der Waals surface area contributed by atoms with E-state index >= 15 is 0 Å². The van der Waals surface area contributed by atoms with Crippen molar-refractivity contribution >= 4 is 51.3 Å². The molecule has 0 aliphatic rings. The summed E-state index contributed by atoms with van der Waals surface area (Å²) in [6, 6.07) is 7.40. The third kappa shape index (κ3) is 3.74. The molecule has 1 aromatic heterocycles. The molecule has 0 atom stereocenters. The fourth-order valence-corrected chi connectivity index (χ4v) is 2.95. The lowest BCUT2D eigenvalue weighted by Crippen LogP contribution is -2.04. The number of hydrogen-bond donors (Lipinski definition) is 1. The molecule has 0 spiro atoms. The van der Waals surface area contributed by atoms with E-state index in [4.69, 9.17) is 40.1 Å². The highest BCUT2D eigenvalue weighted by atomic mass is 35.5. The van der Waals surface area contributed by atoms with E-state index in [0.29, 0.717) is 26.6 Å². The van der Waals surface area contributed by atoms with Crippen molar-refractivity contribution in [3.05, 3.63) is 43.8 Å². The Hall–Kier alpha value is -0.990.